The summed E-state index contributed by atoms with van der Waals surface area (Å²) in [6, 6.07) is 0. The molecule has 22 heavy (non-hydrogen) atoms. The first-order valence-corrected chi connectivity index (χ1v) is 10.5. The van der Waals surface area contributed by atoms with Crippen molar-refractivity contribution in [1.29, 1.82) is 0 Å². The molecule has 132 valence electrons. The van der Waals surface area contributed by atoms with Crippen LogP contribution in [0.15, 0.2) is 0 Å². The monoisotopic (exact) mass is 332 g/mol. The zero-order chi connectivity index (χ0) is 15.9. The quantitative estimate of drug-likeness (QED) is 0.382. The molecule has 4 heteroatoms. The van der Waals surface area contributed by atoms with Gasteiger partial charge in [-0.15, -0.1) is 0 Å². The molecule has 0 heterocycles. The number of unbranched alkanes of at least 4 members (excludes halogenated alkanes) is 8. The summed E-state index contributed by atoms with van der Waals surface area (Å²) in [7, 11) is 0. The molecule has 1 unspecified atom stereocenters. The van der Waals surface area contributed by atoms with E-state index in [9.17, 15) is 4.21 Å². The first kappa shape index (κ1) is 20.1. The van der Waals surface area contributed by atoms with Gasteiger partial charge in [-0.25, -0.2) is 0 Å². The predicted octanol–water partition coefficient (Wildman–Crippen LogP) is 5.71. The summed E-state index contributed by atoms with van der Waals surface area (Å²) in [5, 5.41) is 0. The molecule has 1 aliphatic carbocycles. The van der Waals surface area contributed by atoms with E-state index in [1.165, 1.54) is 83.5 Å². The third kappa shape index (κ3) is 11.6. The van der Waals surface area contributed by atoms with Crippen LogP contribution < -0.4 is 0 Å². The fourth-order valence-electron chi connectivity index (χ4n) is 3.08. The molecule has 0 N–H and O–H groups in total. The van der Waals surface area contributed by atoms with Crippen LogP contribution in [0.5, 0.6) is 0 Å². The molecule has 1 aliphatic rings. The van der Waals surface area contributed by atoms with E-state index in [1.54, 1.807) is 0 Å². The molecule has 1 atom stereocenters. The van der Waals surface area contributed by atoms with Crippen LogP contribution in [-0.2, 0) is 19.7 Å². The van der Waals surface area contributed by atoms with Crippen LogP contribution in [0.2, 0.25) is 0 Å². The molecule has 0 bridgehead atoms. The first-order chi connectivity index (χ1) is 10.8. The fraction of sp³-hybridized carbons (Fsp3) is 1.00. The van der Waals surface area contributed by atoms with Crippen LogP contribution in [0.4, 0.5) is 0 Å². The van der Waals surface area contributed by atoms with Crippen LogP contribution in [0.3, 0.4) is 0 Å². The minimum Gasteiger partial charge on any atom is -0.268 e. The Bertz CT molecular complexity index is 265. The van der Waals surface area contributed by atoms with E-state index >= 15 is 0 Å². The lowest BCUT2D eigenvalue weighted by molar-refractivity contribution is 0.189. The topological polar surface area (TPSA) is 35.5 Å². The Morgan fingerprint density at radius 2 is 1.41 bits per heavy atom. The lowest BCUT2D eigenvalue weighted by Gasteiger charge is -2.20. The minimum absolute atomic E-state index is 0.563. The number of hydrogen-bond donors (Lipinski definition) is 0. The molecule has 0 aromatic heterocycles. The zero-order valence-corrected chi connectivity index (χ0v) is 15.3. The summed E-state index contributed by atoms with van der Waals surface area (Å²) in [6.45, 7) is 3.42. The molecule has 0 aromatic carbocycles. The molecule has 1 rings (SSSR count). The van der Waals surface area contributed by atoms with Gasteiger partial charge in [0, 0.05) is 0 Å². The highest BCUT2D eigenvalue weighted by Crippen LogP contribution is 2.23. The van der Waals surface area contributed by atoms with Crippen molar-refractivity contribution < 1.29 is 12.6 Å². The van der Waals surface area contributed by atoms with Crippen molar-refractivity contribution in [3.05, 3.63) is 0 Å². The Hall–Kier alpha value is 0.0700. The highest BCUT2D eigenvalue weighted by Gasteiger charge is 2.15. The summed E-state index contributed by atoms with van der Waals surface area (Å²) in [6.07, 6.45) is 17.9. The largest absolute Gasteiger partial charge is 0.304 e. The van der Waals surface area contributed by atoms with Crippen molar-refractivity contribution in [3.8, 4) is 0 Å². The highest BCUT2D eigenvalue weighted by molar-refractivity contribution is 7.75. The smallest absolute Gasteiger partial charge is 0.268 e. The predicted molar refractivity (Wildman–Crippen MR) is 93.8 cm³/mol. The molecule has 0 saturated heterocycles. The summed E-state index contributed by atoms with van der Waals surface area (Å²) in [5.41, 5.74) is 0. The van der Waals surface area contributed by atoms with E-state index in [1.807, 2.05) is 0 Å². The highest BCUT2D eigenvalue weighted by atomic mass is 32.2. The third-order valence-corrected chi connectivity index (χ3v) is 5.24. The summed E-state index contributed by atoms with van der Waals surface area (Å²) in [4.78, 5) is 0. The fourth-order valence-corrected chi connectivity index (χ4v) is 3.70. The van der Waals surface area contributed by atoms with E-state index in [2.05, 4.69) is 6.92 Å². The van der Waals surface area contributed by atoms with Gasteiger partial charge in [0.25, 0.3) is 0 Å². The van der Waals surface area contributed by atoms with Crippen LogP contribution >= 0.6 is 0 Å². The van der Waals surface area contributed by atoms with Gasteiger partial charge in [-0.2, -0.15) is 4.21 Å². The van der Waals surface area contributed by atoms with Gasteiger partial charge in [0.05, 0.1) is 13.2 Å². The van der Waals surface area contributed by atoms with Crippen molar-refractivity contribution in [1.82, 2.24) is 0 Å². The van der Waals surface area contributed by atoms with Crippen LogP contribution in [-0.4, -0.2) is 17.4 Å². The first-order valence-electron chi connectivity index (χ1n) is 9.51. The zero-order valence-electron chi connectivity index (χ0n) is 14.5. The normalized spacial score (nSPS) is 17.7. The lowest BCUT2D eigenvalue weighted by Crippen LogP contribution is -2.15. The van der Waals surface area contributed by atoms with Crippen molar-refractivity contribution in [2.75, 3.05) is 13.2 Å². The summed E-state index contributed by atoms with van der Waals surface area (Å²) < 4.78 is 22.1. The van der Waals surface area contributed by atoms with Gasteiger partial charge in [-0.05, 0) is 25.2 Å². The maximum Gasteiger partial charge on any atom is 0.304 e. The molecule has 0 aromatic rings. The second-order valence-corrected chi connectivity index (χ2v) is 7.52. The molecule has 0 amide bonds. The van der Waals surface area contributed by atoms with Crippen molar-refractivity contribution >= 4 is 11.4 Å². The van der Waals surface area contributed by atoms with Gasteiger partial charge < -0.3 is 0 Å². The Morgan fingerprint density at radius 1 is 0.818 bits per heavy atom. The Kier molecular flexibility index (Phi) is 13.4. The average Bonchev–Trinajstić information content (AvgIpc) is 2.55. The van der Waals surface area contributed by atoms with E-state index in [0.29, 0.717) is 19.1 Å². The number of rotatable bonds is 14. The molecule has 3 nitrogen and oxygen atoms in total. The van der Waals surface area contributed by atoms with Gasteiger partial charge >= 0.3 is 11.4 Å². The van der Waals surface area contributed by atoms with Gasteiger partial charge in [-0.1, -0.05) is 77.6 Å². The Morgan fingerprint density at radius 3 is 2.05 bits per heavy atom. The van der Waals surface area contributed by atoms with E-state index in [4.69, 9.17) is 8.37 Å². The maximum absolute atomic E-state index is 11.6. The number of hydrogen-bond acceptors (Lipinski definition) is 3. The Balaban J connectivity index is 1.80. The SMILES string of the molecule is CCCCCCCCCCCOS(=O)OCC1CCCCC1. The van der Waals surface area contributed by atoms with Gasteiger partial charge in [0.15, 0.2) is 0 Å². The van der Waals surface area contributed by atoms with E-state index in [0.717, 1.165) is 6.42 Å². The second kappa shape index (κ2) is 14.6. The van der Waals surface area contributed by atoms with Crippen LogP contribution in [0.1, 0.15) is 96.8 Å². The van der Waals surface area contributed by atoms with Crippen molar-refractivity contribution in [3.63, 3.8) is 0 Å². The lowest BCUT2D eigenvalue weighted by atomic mass is 9.90. The molecular weight excluding hydrogens is 296 g/mol. The molecule has 1 fully saturated rings. The molecule has 0 aliphatic heterocycles. The van der Waals surface area contributed by atoms with Crippen LogP contribution in [0, 0.1) is 5.92 Å². The van der Waals surface area contributed by atoms with Gasteiger partial charge in [0.2, 0.25) is 0 Å². The van der Waals surface area contributed by atoms with Crippen molar-refractivity contribution in [2.24, 2.45) is 5.92 Å². The molecule has 0 radical (unpaired) electrons. The molecular formula is C18H36O3S. The van der Waals surface area contributed by atoms with Crippen LogP contribution in [0.25, 0.3) is 0 Å². The van der Waals surface area contributed by atoms with Gasteiger partial charge in [0.1, 0.15) is 0 Å². The van der Waals surface area contributed by atoms with E-state index < -0.39 is 11.4 Å². The molecule has 0 spiro atoms. The van der Waals surface area contributed by atoms with Crippen molar-refractivity contribution in [2.45, 2.75) is 96.8 Å². The van der Waals surface area contributed by atoms with Gasteiger partial charge in [-0.3, -0.25) is 8.37 Å². The van der Waals surface area contributed by atoms with E-state index in [-0.39, 0.29) is 0 Å². The summed E-state index contributed by atoms with van der Waals surface area (Å²) in [5.74, 6) is 0.592. The second-order valence-electron chi connectivity index (χ2n) is 6.64. The summed E-state index contributed by atoms with van der Waals surface area (Å²) >= 11 is -1.53. The molecule has 1 saturated carbocycles. The standard InChI is InChI=1S/C18H36O3S/c1-2-3-4-5-6-7-8-9-13-16-20-22(19)21-17-18-14-11-10-12-15-18/h18H,2-17H2,1H3. The average molecular weight is 333 g/mol. The maximum atomic E-state index is 11.6. The minimum atomic E-state index is -1.53. The Labute approximate surface area is 140 Å². The third-order valence-electron chi connectivity index (χ3n) is 4.55.